The second kappa shape index (κ2) is 5.73. The number of rotatable bonds is 2. The maximum absolute atomic E-state index is 4.91. The van der Waals surface area contributed by atoms with Gasteiger partial charge < -0.3 is 9.88 Å². The number of aliphatic imine (C=N–C) groups is 1. The first-order valence-electron chi connectivity index (χ1n) is 9.25. The van der Waals surface area contributed by atoms with Crippen molar-refractivity contribution in [2.45, 2.75) is 52.1 Å². The normalized spacial score (nSPS) is 17.3. The molecule has 1 aromatic carbocycles. The molecule has 26 heavy (non-hydrogen) atoms. The summed E-state index contributed by atoms with van der Waals surface area (Å²) in [5.41, 5.74) is 4.63. The van der Waals surface area contributed by atoms with Gasteiger partial charge in [0, 0.05) is 30.4 Å². The number of hydrogen-bond donors (Lipinski definition) is 1. The summed E-state index contributed by atoms with van der Waals surface area (Å²) in [6.07, 6.45) is 3.98. The van der Waals surface area contributed by atoms with Gasteiger partial charge in [0.1, 0.15) is 6.04 Å². The van der Waals surface area contributed by atoms with E-state index in [1.54, 1.807) is 0 Å². The number of fused-ring (bicyclic) bond motifs is 2. The highest BCUT2D eigenvalue weighted by Gasteiger charge is 2.36. The minimum Gasteiger partial charge on any atom is -0.350 e. The van der Waals surface area contributed by atoms with Crippen LogP contribution in [0.4, 0.5) is 11.5 Å². The second-order valence-corrected chi connectivity index (χ2v) is 8.42. The Hall–Kier alpha value is -2.56. The average Bonchev–Trinajstić information content (AvgIpc) is 3.17. The van der Waals surface area contributed by atoms with Crippen LogP contribution >= 0.6 is 0 Å². The van der Waals surface area contributed by atoms with E-state index in [0.29, 0.717) is 5.92 Å². The zero-order valence-electron chi connectivity index (χ0n) is 16.4. The quantitative estimate of drug-likeness (QED) is 0.701. The number of anilines is 1. The van der Waals surface area contributed by atoms with Crippen molar-refractivity contribution in [1.82, 2.24) is 14.8 Å². The molecular weight excluding hydrogens is 322 g/mol. The maximum atomic E-state index is 4.91. The number of H-pyrrole nitrogens is 1. The highest BCUT2D eigenvalue weighted by molar-refractivity contribution is 5.91. The predicted molar refractivity (Wildman–Crippen MR) is 109 cm³/mol. The molecule has 5 heteroatoms. The Bertz CT molecular complexity index is 984. The Morgan fingerprint density at radius 1 is 1.15 bits per heavy atom. The van der Waals surface area contributed by atoms with Crippen LogP contribution in [-0.4, -0.2) is 26.5 Å². The van der Waals surface area contributed by atoms with Crippen molar-refractivity contribution in [3.8, 4) is 0 Å². The molecule has 5 nitrogen and oxygen atoms in total. The number of nitrogens with one attached hydrogen (secondary N) is 1. The summed E-state index contributed by atoms with van der Waals surface area (Å²) in [6.45, 7) is 11.2. The van der Waals surface area contributed by atoms with Crippen molar-refractivity contribution in [3.05, 3.63) is 41.7 Å². The lowest BCUT2D eigenvalue weighted by atomic mass is 9.96. The number of aromatic amines is 1. The third kappa shape index (κ3) is 2.54. The Morgan fingerprint density at radius 3 is 2.62 bits per heavy atom. The van der Waals surface area contributed by atoms with Crippen molar-refractivity contribution < 1.29 is 0 Å². The summed E-state index contributed by atoms with van der Waals surface area (Å²) in [6, 6.07) is 8.80. The van der Waals surface area contributed by atoms with Crippen LogP contribution in [0.1, 0.15) is 57.8 Å². The lowest BCUT2D eigenvalue weighted by molar-refractivity contribution is 0.481. The van der Waals surface area contributed by atoms with E-state index in [1.165, 1.54) is 10.9 Å². The molecule has 0 fully saturated rings. The molecule has 0 spiro atoms. The summed E-state index contributed by atoms with van der Waals surface area (Å²) < 4.78 is 1.98. The zero-order valence-corrected chi connectivity index (χ0v) is 16.4. The van der Waals surface area contributed by atoms with Gasteiger partial charge in [0.25, 0.3) is 0 Å². The van der Waals surface area contributed by atoms with Crippen LogP contribution < -0.4 is 4.90 Å². The number of benzene rings is 1. The fraction of sp³-hybridized carbons (Fsp3) is 0.429. The molecule has 1 aliphatic heterocycles. The molecule has 1 aliphatic rings. The van der Waals surface area contributed by atoms with E-state index in [0.717, 1.165) is 22.7 Å². The van der Waals surface area contributed by atoms with Gasteiger partial charge in [-0.25, -0.2) is 4.99 Å². The Labute approximate surface area is 154 Å². The Kier molecular flexibility index (Phi) is 3.72. The molecule has 3 heterocycles. The lowest BCUT2D eigenvalue weighted by Gasteiger charge is -2.42. The first-order chi connectivity index (χ1) is 12.3. The summed E-state index contributed by atoms with van der Waals surface area (Å²) >= 11 is 0. The molecule has 2 aromatic heterocycles. The van der Waals surface area contributed by atoms with E-state index < -0.39 is 0 Å². The minimum absolute atomic E-state index is 0.00409. The smallest absolute Gasteiger partial charge is 0.153 e. The molecule has 0 aliphatic carbocycles. The SMILES string of the molecule is CC(C)c1ccc2c(c1)c(C1C=Nc3[nH]ccc3N1C(C)(C)C)nn2C. The van der Waals surface area contributed by atoms with E-state index in [9.17, 15) is 0 Å². The molecule has 4 rings (SSSR count). The monoisotopic (exact) mass is 349 g/mol. The van der Waals surface area contributed by atoms with E-state index in [1.807, 2.05) is 24.1 Å². The van der Waals surface area contributed by atoms with Crippen LogP contribution in [-0.2, 0) is 7.05 Å². The predicted octanol–water partition coefficient (Wildman–Crippen LogP) is 5.09. The Morgan fingerprint density at radius 2 is 1.92 bits per heavy atom. The van der Waals surface area contributed by atoms with E-state index >= 15 is 0 Å². The van der Waals surface area contributed by atoms with Gasteiger partial charge in [0.15, 0.2) is 5.82 Å². The van der Waals surface area contributed by atoms with Crippen molar-refractivity contribution in [1.29, 1.82) is 0 Å². The van der Waals surface area contributed by atoms with Gasteiger partial charge >= 0.3 is 0 Å². The van der Waals surface area contributed by atoms with Gasteiger partial charge in [-0.05, 0) is 50.5 Å². The third-order valence-electron chi connectivity index (χ3n) is 5.16. The topological polar surface area (TPSA) is 49.2 Å². The van der Waals surface area contributed by atoms with Crippen LogP contribution in [0, 0.1) is 0 Å². The van der Waals surface area contributed by atoms with E-state index in [4.69, 9.17) is 5.10 Å². The summed E-state index contributed by atoms with van der Waals surface area (Å²) in [5, 5.41) is 6.12. The van der Waals surface area contributed by atoms with Crippen molar-refractivity contribution in [2.75, 3.05) is 4.90 Å². The number of aryl methyl sites for hydroxylation is 1. The molecule has 3 aromatic rings. The van der Waals surface area contributed by atoms with Gasteiger partial charge in [0.2, 0.25) is 0 Å². The maximum Gasteiger partial charge on any atom is 0.153 e. The van der Waals surface area contributed by atoms with Gasteiger partial charge in [-0.3, -0.25) is 4.68 Å². The molecule has 1 unspecified atom stereocenters. The fourth-order valence-corrected chi connectivity index (χ4v) is 3.87. The van der Waals surface area contributed by atoms with Gasteiger partial charge in [-0.15, -0.1) is 0 Å². The number of hydrogen-bond acceptors (Lipinski definition) is 3. The average molecular weight is 349 g/mol. The molecule has 0 saturated carbocycles. The zero-order chi connectivity index (χ0) is 18.6. The van der Waals surface area contributed by atoms with Gasteiger partial charge in [-0.1, -0.05) is 19.9 Å². The van der Waals surface area contributed by atoms with Crippen LogP contribution in [0.5, 0.6) is 0 Å². The molecule has 0 saturated heterocycles. The van der Waals surface area contributed by atoms with E-state index in [2.05, 4.69) is 73.8 Å². The molecule has 1 N–H and O–H groups in total. The highest BCUT2D eigenvalue weighted by atomic mass is 15.3. The van der Waals surface area contributed by atoms with Gasteiger partial charge in [0.05, 0.1) is 16.9 Å². The van der Waals surface area contributed by atoms with Crippen LogP contribution in [0.25, 0.3) is 10.9 Å². The molecule has 0 bridgehead atoms. The van der Waals surface area contributed by atoms with Crippen LogP contribution in [0.3, 0.4) is 0 Å². The largest absolute Gasteiger partial charge is 0.350 e. The molecule has 0 radical (unpaired) electrons. The van der Waals surface area contributed by atoms with Crippen molar-refractivity contribution in [2.24, 2.45) is 12.0 Å². The second-order valence-electron chi connectivity index (χ2n) is 8.42. The number of aromatic nitrogens is 3. The third-order valence-corrected chi connectivity index (χ3v) is 5.16. The standard InChI is InChI=1S/C21H27N5/c1-13(2)14-7-8-16-15(11-14)19(24-25(16)6)18-12-23-20-17(9-10-22-20)26(18)21(3,4)5/h7-13,18,22H,1-6H3. The van der Waals surface area contributed by atoms with Crippen molar-refractivity contribution in [3.63, 3.8) is 0 Å². The van der Waals surface area contributed by atoms with Gasteiger partial charge in [-0.2, -0.15) is 5.10 Å². The number of nitrogens with zero attached hydrogens (tertiary/aromatic N) is 4. The summed E-state index contributed by atoms with van der Waals surface area (Å²) in [7, 11) is 2.02. The first-order valence-corrected chi connectivity index (χ1v) is 9.25. The Balaban J connectivity index is 1.92. The fourth-order valence-electron chi connectivity index (χ4n) is 3.87. The summed E-state index contributed by atoms with van der Waals surface area (Å²) in [4.78, 5) is 10.3. The first kappa shape index (κ1) is 16.9. The van der Waals surface area contributed by atoms with E-state index in [-0.39, 0.29) is 11.6 Å². The lowest BCUT2D eigenvalue weighted by Crippen LogP contribution is -2.45. The van der Waals surface area contributed by atoms with Crippen molar-refractivity contribution >= 4 is 28.6 Å². The molecule has 136 valence electrons. The summed E-state index contributed by atoms with van der Waals surface area (Å²) in [5.74, 6) is 1.40. The molecule has 0 amide bonds. The minimum atomic E-state index is -0.0620. The molecular formula is C21H27N5. The van der Waals surface area contributed by atoms with Crippen LogP contribution in [0.15, 0.2) is 35.5 Å². The van der Waals surface area contributed by atoms with Crippen LogP contribution in [0.2, 0.25) is 0 Å². The highest BCUT2D eigenvalue weighted by Crippen LogP contribution is 2.43. The molecule has 1 atom stereocenters.